The number of nitrogens with zero attached hydrogens (tertiary/aromatic N) is 1. The largest absolute Gasteiger partial charge is 0.470 e. The van der Waals surface area contributed by atoms with Gasteiger partial charge in [0.25, 0.3) is 5.91 Å². The van der Waals surface area contributed by atoms with Crippen molar-refractivity contribution in [3.8, 4) is 0 Å². The Bertz CT molecular complexity index is 732. The van der Waals surface area contributed by atoms with E-state index in [2.05, 4.69) is 5.32 Å². The summed E-state index contributed by atoms with van der Waals surface area (Å²) in [6, 6.07) is 8.94. The smallest absolute Gasteiger partial charge is 0.348 e. The van der Waals surface area contributed by atoms with E-state index in [1.807, 2.05) is 45.9 Å². The summed E-state index contributed by atoms with van der Waals surface area (Å²) in [6.45, 7) is 8.84. The highest BCUT2D eigenvalue weighted by molar-refractivity contribution is 6.20. The van der Waals surface area contributed by atoms with Crippen LogP contribution in [-0.2, 0) is 23.9 Å². The molecule has 1 amide bonds. The Morgan fingerprint density at radius 1 is 1.07 bits per heavy atom. The number of hydrogen-bond donors (Lipinski definition) is 1. The number of ketones is 1. The van der Waals surface area contributed by atoms with Crippen LogP contribution in [0.2, 0.25) is 0 Å². The number of ether oxygens (including phenoxy) is 2. The number of Topliss-reactive ketones (excluding diaryl/α,β-unsaturated/α-hetero) is 1. The molecule has 1 aromatic carbocycles. The summed E-state index contributed by atoms with van der Waals surface area (Å²) < 4.78 is 10.6. The minimum atomic E-state index is -1.01. The highest BCUT2D eigenvalue weighted by atomic mass is 16.6. The van der Waals surface area contributed by atoms with Crippen LogP contribution in [0, 0.1) is 0 Å². The van der Waals surface area contributed by atoms with Crippen molar-refractivity contribution in [1.29, 1.82) is 0 Å². The molecule has 0 saturated carbocycles. The summed E-state index contributed by atoms with van der Waals surface area (Å²) in [5.41, 5.74) is 0.460. The maximum atomic E-state index is 12.6. The molecule has 0 unspecified atom stereocenters. The molecule has 1 N–H and O–H groups in total. The summed E-state index contributed by atoms with van der Waals surface area (Å²) in [4.78, 5) is 38.9. The van der Waals surface area contributed by atoms with Crippen molar-refractivity contribution < 1.29 is 23.9 Å². The fourth-order valence-electron chi connectivity index (χ4n) is 2.95. The van der Waals surface area contributed by atoms with Gasteiger partial charge in [0.1, 0.15) is 0 Å². The lowest BCUT2D eigenvalue weighted by atomic mass is 10.2. The number of hydrogen-bond acceptors (Lipinski definition) is 6. The lowest BCUT2D eigenvalue weighted by Gasteiger charge is -2.32. The highest BCUT2D eigenvalue weighted by Gasteiger charge is 2.35. The maximum absolute atomic E-state index is 12.6. The number of carbonyl (C=O) groups is 3. The molecule has 1 heterocycles. The molecule has 0 aliphatic carbocycles. The van der Waals surface area contributed by atoms with Gasteiger partial charge in [-0.3, -0.25) is 9.59 Å². The molecule has 0 spiro atoms. The van der Waals surface area contributed by atoms with E-state index in [-0.39, 0.29) is 36.1 Å². The van der Waals surface area contributed by atoms with Gasteiger partial charge in [0.2, 0.25) is 11.7 Å². The number of carbonyl (C=O) groups excluding carboxylic acids is 3. The van der Waals surface area contributed by atoms with Crippen LogP contribution in [0.5, 0.6) is 0 Å². The second-order valence-corrected chi connectivity index (χ2v) is 6.89. The van der Waals surface area contributed by atoms with Crippen molar-refractivity contribution in [1.82, 2.24) is 4.90 Å². The topological polar surface area (TPSA) is 84.9 Å². The Kier molecular flexibility index (Phi) is 6.60. The van der Waals surface area contributed by atoms with E-state index in [4.69, 9.17) is 9.47 Å². The molecule has 146 valence electrons. The fraction of sp³-hybridized carbons (Fsp3) is 0.450. The average molecular weight is 374 g/mol. The molecule has 0 fully saturated rings. The van der Waals surface area contributed by atoms with Gasteiger partial charge in [-0.2, -0.15) is 0 Å². The van der Waals surface area contributed by atoms with Crippen LogP contribution in [-0.4, -0.2) is 47.4 Å². The van der Waals surface area contributed by atoms with Crippen molar-refractivity contribution in [2.45, 2.75) is 52.8 Å². The molecule has 27 heavy (non-hydrogen) atoms. The summed E-state index contributed by atoms with van der Waals surface area (Å²) in [5.74, 6) is -1.62. The van der Waals surface area contributed by atoms with Crippen LogP contribution < -0.4 is 5.32 Å². The summed E-state index contributed by atoms with van der Waals surface area (Å²) in [6.07, 6.45) is -1.01. The normalized spacial score (nSPS) is 15.0. The first-order chi connectivity index (χ1) is 12.7. The van der Waals surface area contributed by atoms with Gasteiger partial charge >= 0.3 is 5.97 Å². The SMILES string of the molecule is CC(C)N(C(=O)[C@@H](C)OC(=O)C1=C(Nc2ccccc2)OCC1=O)C(C)C. The average Bonchev–Trinajstić information content (AvgIpc) is 2.95. The summed E-state index contributed by atoms with van der Waals surface area (Å²) in [5, 5.41) is 2.90. The van der Waals surface area contributed by atoms with E-state index in [0.717, 1.165) is 0 Å². The monoisotopic (exact) mass is 374 g/mol. The number of rotatable bonds is 7. The molecule has 7 nitrogen and oxygen atoms in total. The van der Waals surface area contributed by atoms with Gasteiger partial charge in [-0.05, 0) is 46.8 Å². The van der Waals surface area contributed by atoms with E-state index in [1.54, 1.807) is 17.0 Å². The van der Waals surface area contributed by atoms with Gasteiger partial charge in [-0.1, -0.05) is 18.2 Å². The third-order valence-electron chi connectivity index (χ3n) is 4.09. The van der Waals surface area contributed by atoms with E-state index in [1.165, 1.54) is 6.92 Å². The second kappa shape index (κ2) is 8.70. The predicted molar refractivity (Wildman–Crippen MR) is 101 cm³/mol. The van der Waals surface area contributed by atoms with Crippen LogP contribution >= 0.6 is 0 Å². The van der Waals surface area contributed by atoms with Gasteiger partial charge in [0.15, 0.2) is 18.3 Å². The number of amides is 1. The van der Waals surface area contributed by atoms with Crippen molar-refractivity contribution in [3.63, 3.8) is 0 Å². The molecule has 0 bridgehead atoms. The number of esters is 1. The van der Waals surface area contributed by atoms with Crippen molar-refractivity contribution >= 4 is 23.3 Å². The lowest BCUT2D eigenvalue weighted by molar-refractivity contribution is -0.158. The fourth-order valence-corrected chi connectivity index (χ4v) is 2.95. The zero-order chi connectivity index (χ0) is 20.1. The van der Waals surface area contributed by atoms with Crippen LogP contribution in [0.25, 0.3) is 0 Å². The van der Waals surface area contributed by atoms with E-state index >= 15 is 0 Å². The molecule has 0 saturated heterocycles. The molecule has 1 atom stereocenters. The molecular formula is C20H26N2O5. The maximum Gasteiger partial charge on any atom is 0.348 e. The molecule has 1 aliphatic rings. The molecular weight excluding hydrogens is 348 g/mol. The van der Waals surface area contributed by atoms with Gasteiger partial charge in [0, 0.05) is 17.8 Å². The quantitative estimate of drug-likeness (QED) is 0.583. The number of anilines is 1. The number of para-hydroxylation sites is 1. The molecule has 0 radical (unpaired) electrons. The Morgan fingerprint density at radius 3 is 2.22 bits per heavy atom. The van der Waals surface area contributed by atoms with Gasteiger partial charge < -0.3 is 19.7 Å². The zero-order valence-electron chi connectivity index (χ0n) is 16.3. The molecule has 7 heteroatoms. The molecule has 1 aromatic rings. The Morgan fingerprint density at radius 2 is 1.67 bits per heavy atom. The van der Waals surface area contributed by atoms with Crippen molar-refractivity contribution in [2.75, 3.05) is 11.9 Å². The Balaban J connectivity index is 2.15. The van der Waals surface area contributed by atoms with Crippen LogP contribution in [0.3, 0.4) is 0 Å². The lowest BCUT2D eigenvalue weighted by Crippen LogP contribution is -2.47. The van der Waals surface area contributed by atoms with Crippen LogP contribution in [0.1, 0.15) is 34.6 Å². The van der Waals surface area contributed by atoms with Crippen molar-refractivity contribution in [3.05, 3.63) is 41.8 Å². The van der Waals surface area contributed by atoms with E-state index in [9.17, 15) is 14.4 Å². The minimum Gasteiger partial charge on any atom is -0.470 e. The minimum absolute atomic E-state index is 0.0374. The van der Waals surface area contributed by atoms with Crippen molar-refractivity contribution in [2.24, 2.45) is 0 Å². The zero-order valence-corrected chi connectivity index (χ0v) is 16.3. The Labute approximate surface area is 159 Å². The first-order valence-corrected chi connectivity index (χ1v) is 8.97. The second-order valence-electron chi connectivity index (χ2n) is 6.89. The predicted octanol–water partition coefficient (Wildman–Crippen LogP) is 2.49. The van der Waals surface area contributed by atoms with Crippen LogP contribution in [0.15, 0.2) is 41.8 Å². The standard InChI is InChI=1S/C20H26N2O5/c1-12(2)22(13(3)4)19(24)14(5)27-20(25)17-16(23)11-26-18(17)21-15-9-7-6-8-10-15/h6-10,12-14,21H,11H2,1-5H3/t14-/m1/s1. The first-order valence-electron chi connectivity index (χ1n) is 8.97. The van der Waals surface area contributed by atoms with Gasteiger partial charge in [-0.15, -0.1) is 0 Å². The molecule has 1 aliphatic heterocycles. The third kappa shape index (κ3) is 4.87. The highest BCUT2D eigenvalue weighted by Crippen LogP contribution is 2.21. The molecule has 2 rings (SSSR count). The van der Waals surface area contributed by atoms with Crippen LogP contribution in [0.4, 0.5) is 5.69 Å². The summed E-state index contributed by atoms with van der Waals surface area (Å²) in [7, 11) is 0. The Hall–Kier alpha value is -2.83. The summed E-state index contributed by atoms with van der Waals surface area (Å²) >= 11 is 0. The molecule has 0 aromatic heterocycles. The first kappa shape index (κ1) is 20.5. The number of nitrogens with one attached hydrogen (secondary N) is 1. The van der Waals surface area contributed by atoms with E-state index in [0.29, 0.717) is 5.69 Å². The van der Waals surface area contributed by atoms with E-state index < -0.39 is 17.9 Å². The third-order valence-corrected chi connectivity index (χ3v) is 4.09. The van der Waals surface area contributed by atoms with Gasteiger partial charge in [0.05, 0.1) is 0 Å². The van der Waals surface area contributed by atoms with Gasteiger partial charge in [-0.25, -0.2) is 4.79 Å². The number of benzene rings is 1.